The first-order chi connectivity index (χ1) is 6.86. The van der Waals surface area contributed by atoms with Gasteiger partial charge >= 0.3 is 0 Å². The van der Waals surface area contributed by atoms with E-state index in [-0.39, 0.29) is 0 Å². The van der Waals surface area contributed by atoms with Crippen LogP contribution >= 0.6 is 0 Å². The van der Waals surface area contributed by atoms with Crippen LogP contribution in [0.4, 0.5) is 0 Å². The van der Waals surface area contributed by atoms with Gasteiger partial charge in [-0.25, -0.2) is 0 Å². The summed E-state index contributed by atoms with van der Waals surface area (Å²) in [6.45, 7) is 5.81. The third-order valence-electron chi connectivity index (χ3n) is 2.07. The molecule has 2 nitrogen and oxygen atoms in total. The molecule has 0 N–H and O–H groups in total. The molecule has 0 aromatic heterocycles. The van der Waals surface area contributed by atoms with Crippen molar-refractivity contribution in [3.05, 3.63) is 36.7 Å². The predicted molar refractivity (Wildman–Crippen MR) is 62.8 cm³/mol. The van der Waals surface area contributed by atoms with Gasteiger partial charge in [-0.15, -0.1) is 0 Å². The molecule has 0 bridgehead atoms. The Kier molecular flexibility index (Phi) is 4.62. The van der Waals surface area contributed by atoms with Crippen molar-refractivity contribution in [1.82, 2.24) is 0 Å². The lowest BCUT2D eigenvalue weighted by Crippen LogP contribution is -2.03. The minimum atomic E-state index is 0.346. The zero-order valence-electron chi connectivity index (χ0n) is 8.56. The Morgan fingerprint density at radius 2 is 2.57 bits per heavy atom. The van der Waals surface area contributed by atoms with Gasteiger partial charge in [-0.05, 0) is 18.4 Å². The summed E-state index contributed by atoms with van der Waals surface area (Å²) in [6, 6.07) is 0. The fraction of sp³-hybridized carbons (Fsp3) is 0.333. The SMILES string of the molecule is C=C/C(=C\N=CC1C=NC=CC1)CC. The van der Waals surface area contributed by atoms with Crippen molar-refractivity contribution in [3.63, 3.8) is 0 Å². The summed E-state index contributed by atoms with van der Waals surface area (Å²) in [5.41, 5.74) is 1.16. The molecule has 0 aromatic carbocycles. The second-order valence-corrected chi connectivity index (χ2v) is 3.14. The summed E-state index contributed by atoms with van der Waals surface area (Å²) in [6.07, 6.45) is 13.4. The molecule has 1 rings (SSSR count). The van der Waals surface area contributed by atoms with Crippen LogP contribution in [-0.2, 0) is 0 Å². The van der Waals surface area contributed by atoms with Crippen LogP contribution in [-0.4, -0.2) is 12.4 Å². The molecule has 1 heterocycles. The van der Waals surface area contributed by atoms with E-state index in [1.807, 2.05) is 30.9 Å². The molecular formula is C12H16N2. The highest BCUT2D eigenvalue weighted by atomic mass is 14.7. The van der Waals surface area contributed by atoms with Gasteiger partial charge in [0.1, 0.15) is 0 Å². The molecule has 0 saturated heterocycles. The van der Waals surface area contributed by atoms with Gasteiger partial charge in [0, 0.05) is 30.7 Å². The number of rotatable bonds is 4. The van der Waals surface area contributed by atoms with Crippen LogP contribution in [0.2, 0.25) is 0 Å². The van der Waals surface area contributed by atoms with E-state index >= 15 is 0 Å². The van der Waals surface area contributed by atoms with Gasteiger partial charge in [-0.2, -0.15) is 0 Å². The molecule has 0 amide bonds. The molecule has 2 heteroatoms. The van der Waals surface area contributed by atoms with Crippen molar-refractivity contribution in [3.8, 4) is 0 Å². The van der Waals surface area contributed by atoms with Crippen LogP contribution in [0, 0.1) is 5.92 Å². The molecule has 14 heavy (non-hydrogen) atoms. The maximum atomic E-state index is 4.25. The van der Waals surface area contributed by atoms with Crippen molar-refractivity contribution in [2.45, 2.75) is 19.8 Å². The molecule has 74 valence electrons. The topological polar surface area (TPSA) is 24.7 Å². The van der Waals surface area contributed by atoms with E-state index in [0.29, 0.717) is 5.92 Å². The predicted octanol–water partition coefficient (Wildman–Crippen LogP) is 3.14. The minimum absolute atomic E-state index is 0.346. The average molecular weight is 188 g/mol. The third kappa shape index (κ3) is 3.52. The molecule has 0 fully saturated rings. The number of allylic oxidation sites excluding steroid dienone is 3. The Hall–Kier alpha value is -1.44. The van der Waals surface area contributed by atoms with Crippen LogP contribution in [0.5, 0.6) is 0 Å². The maximum absolute atomic E-state index is 4.25. The Morgan fingerprint density at radius 1 is 1.71 bits per heavy atom. The maximum Gasteiger partial charge on any atom is 0.0332 e. The van der Waals surface area contributed by atoms with E-state index in [2.05, 4.69) is 29.6 Å². The molecular weight excluding hydrogens is 172 g/mol. The van der Waals surface area contributed by atoms with E-state index in [0.717, 1.165) is 18.4 Å². The number of hydrogen-bond donors (Lipinski definition) is 0. The van der Waals surface area contributed by atoms with Crippen molar-refractivity contribution >= 4 is 12.4 Å². The summed E-state index contributed by atoms with van der Waals surface area (Å²) >= 11 is 0. The molecule has 0 spiro atoms. The number of hydrogen-bond acceptors (Lipinski definition) is 2. The Labute approximate surface area is 85.5 Å². The van der Waals surface area contributed by atoms with Gasteiger partial charge in [0.2, 0.25) is 0 Å². The smallest absolute Gasteiger partial charge is 0.0332 e. The van der Waals surface area contributed by atoms with Gasteiger partial charge in [-0.1, -0.05) is 25.7 Å². The van der Waals surface area contributed by atoms with E-state index in [9.17, 15) is 0 Å². The molecule has 1 unspecified atom stereocenters. The summed E-state index contributed by atoms with van der Waals surface area (Å²) in [4.78, 5) is 8.31. The molecule has 0 aliphatic carbocycles. The second kappa shape index (κ2) is 6.08. The lowest BCUT2D eigenvalue weighted by Gasteiger charge is -2.03. The van der Waals surface area contributed by atoms with Crippen LogP contribution in [0.25, 0.3) is 0 Å². The highest BCUT2D eigenvalue weighted by Crippen LogP contribution is 2.05. The molecule has 0 aromatic rings. The summed E-state index contributed by atoms with van der Waals surface area (Å²) in [7, 11) is 0. The second-order valence-electron chi connectivity index (χ2n) is 3.14. The first kappa shape index (κ1) is 10.6. The van der Waals surface area contributed by atoms with Gasteiger partial charge in [0.05, 0.1) is 0 Å². The first-order valence-electron chi connectivity index (χ1n) is 4.90. The van der Waals surface area contributed by atoms with Crippen molar-refractivity contribution in [1.29, 1.82) is 0 Å². The van der Waals surface area contributed by atoms with Crippen molar-refractivity contribution in [2.24, 2.45) is 15.9 Å². The molecule has 0 saturated carbocycles. The third-order valence-corrected chi connectivity index (χ3v) is 2.07. The minimum Gasteiger partial charge on any atom is -0.269 e. The van der Waals surface area contributed by atoms with E-state index in [1.54, 1.807) is 0 Å². The largest absolute Gasteiger partial charge is 0.269 e. The highest BCUT2D eigenvalue weighted by molar-refractivity contribution is 5.84. The van der Waals surface area contributed by atoms with Crippen molar-refractivity contribution < 1.29 is 0 Å². The van der Waals surface area contributed by atoms with Gasteiger partial charge in [0.15, 0.2) is 0 Å². The number of aliphatic imine (C=N–C) groups is 2. The Balaban J connectivity index is 2.47. The van der Waals surface area contributed by atoms with Gasteiger partial charge in [-0.3, -0.25) is 9.98 Å². The highest BCUT2D eigenvalue weighted by Gasteiger charge is 2.00. The van der Waals surface area contributed by atoms with E-state index < -0.39 is 0 Å². The lowest BCUT2D eigenvalue weighted by atomic mass is 10.1. The number of nitrogens with zero attached hydrogens (tertiary/aromatic N) is 2. The summed E-state index contributed by atoms with van der Waals surface area (Å²) in [5, 5.41) is 0. The Morgan fingerprint density at radius 3 is 3.14 bits per heavy atom. The normalized spacial score (nSPS) is 21.8. The molecule has 1 aliphatic rings. The van der Waals surface area contributed by atoms with Crippen LogP contribution < -0.4 is 0 Å². The van der Waals surface area contributed by atoms with Crippen LogP contribution in [0.15, 0.2) is 46.7 Å². The average Bonchev–Trinajstić information content (AvgIpc) is 2.26. The zero-order valence-corrected chi connectivity index (χ0v) is 8.56. The van der Waals surface area contributed by atoms with E-state index in [1.165, 1.54) is 0 Å². The van der Waals surface area contributed by atoms with Crippen LogP contribution in [0.1, 0.15) is 19.8 Å². The monoisotopic (exact) mass is 188 g/mol. The van der Waals surface area contributed by atoms with E-state index in [4.69, 9.17) is 0 Å². The first-order valence-corrected chi connectivity index (χ1v) is 4.90. The fourth-order valence-corrected chi connectivity index (χ4v) is 1.14. The standard InChI is InChI=1S/C12H16N2/c1-3-11(4-2)8-14-10-12-6-5-7-13-9-12/h3,5,7-10,12H,1,4,6H2,2H3/b11-8+,14-10?. The quantitative estimate of drug-likeness (QED) is 0.478. The molecule has 0 radical (unpaired) electrons. The van der Waals surface area contributed by atoms with Gasteiger partial charge < -0.3 is 0 Å². The Bertz CT molecular complexity index is 295. The van der Waals surface area contributed by atoms with Gasteiger partial charge in [0.25, 0.3) is 0 Å². The van der Waals surface area contributed by atoms with Crippen molar-refractivity contribution in [2.75, 3.05) is 0 Å². The zero-order chi connectivity index (χ0) is 10.2. The summed E-state index contributed by atoms with van der Waals surface area (Å²) in [5.74, 6) is 0.346. The fourth-order valence-electron chi connectivity index (χ4n) is 1.14. The lowest BCUT2D eigenvalue weighted by molar-refractivity contribution is 0.946. The van der Waals surface area contributed by atoms with Crippen LogP contribution in [0.3, 0.4) is 0 Å². The summed E-state index contributed by atoms with van der Waals surface area (Å²) < 4.78 is 0. The molecule has 1 atom stereocenters. The molecule has 1 aliphatic heterocycles.